The van der Waals surface area contributed by atoms with Crippen molar-refractivity contribution in [3.63, 3.8) is 0 Å². The second-order valence-electron chi connectivity index (χ2n) is 4.05. The van der Waals surface area contributed by atoms with Crippen molar-refractivity contribution in [2.45, 2.75) is 11.1 Å². The number of rotatable bonds is 5. The van der Waals surface area contributed by atoms with Crippen LogP contribution in [0.25, 0.3) is 0 Å². The fourth-order valence-electron chi connectivity index (χ4n) is 1.81. The zero-order chi connectivity index (χ0) is 15.6. The van der Waals surface area contributed by atoms with Crippen LogP contribution in [0.2, 0.25) is 0 Å². The lowest BCUT2D eigenvalue weighted by atomic mass is 10.3. The Morgan fingerprint density at radius 1 is 1.29 bits per heavy atom. The monoisotopic (exact) mass is 329 g/mol. The number of anilines is 1. The molecule has 1 N–H and O–H groups in total. The summed E-state index contributed by atoms with van der Waals surface area (Å²) < 4.78 is 39.6. The van der Waals surface area contributed by atoms with Gasteiger partial charge in [-0.05, 0) is 31.2 Å². The van der Waals surface area contributed by atoms with Crippen LogP contribution in [0, 0.1) is 5.82 Å². The summed E-state index contributed by atoms with van der Waals surface area (Å²) in [6.07, 6.45) is 0. The molecule has 0 aliphatic carbocycles. The maximum Gasteiger partial charge on any atom is 0.345 e. The van der Waals surface area contributed by atoms with E-state index < -0.39 is 21.8 Å². The molecular weight excluding hydrogens is 317 g/mol. The molecule has 0 amide bonds. The van der Waals surface area contributed by atoms with Crippen molar-refractivity contribution in [3.05, 3.63) is 47.1 Å². The SMILES string of the molecule is CCN(c1ccccc1F)S(=O)(=O)c1ccc(C(=O)O)s1. The normalized spacial score (nSPS) is 11.3. The fraction of sp³-hybridized carbons (Fsp3) is 0.154. The summed E-state index contributed by atoms with van der Waals surface area (Å²) in [5.74, 6) is -1.85. The van der Waals surface area contributed by atoms with Crippen LogP contribution in [0.15, 0.2) is 40.6 Å². The highest BCUT2D eigenvalue weighted by Gasteiger charge is 2.27. The molecule has 0 saturated carbocycles. The van der Waals surface area contributed by atoms with E-state index in [-0.39, 0.29) is 21.3 Å². The van der Waals surface area contributed by atoms with Gasteiger partial charge in [-0.3, -0.25) is 4.31 Å². The molecule has 0 aliphatic rings. The molecule has 8 heteroatoms. The Labute approximate surface area is 125 Å². The first kappa shape index (κ1) is 15.5. The third-order valence-corrected chi connectivity index (χ3v) is 6.17. The van der Waals surface area contributed by atoms with Gasteiger partial charge in [0, 0.05) is 6.54 Å². The Kier molecular flexibility index (Phi) is 4.29. The van der Waals surface area contributed by atoms with Crippen LogP contribution in [0.1, 0.15) is 16.6 Å². The number of thiophene rings is 1. The number of benzene rings is 1. The molecule has 0 saturated heterocycles. The molecule has 5 nitrogen and oxygen atoms in total. The first-order valence-electron chi connectivity index (χ1n) is 5.98. The summed E-state index contributed by atoms with van der Waals surface area (Å²) in [6.45, 7) is 1.61. The average molecular weight is 329 g/mol. The van der Waals surface area contributed by atoms with E-state index in [1.54, 1.807) is 6.92 Å². The van der Waals surface area contributed by atoms with Crippen molar-refractivity contribution < 1.29 is 22.7 Å². The van der Waals surface area contributed by atoms with Crippen LogP contribution >= 0.6 is 11.3 Å². The molecule has 0 atom stereocenters. The number of nitrogens with zero attached hydrogens (tertiary/aromatic N) is 1. The van der Waals surface area contributed by atoms with Crippen LogP contribution in [0.5, 0.6) is 0 Å². The van der Waals surface area contributed by atoms with Crippen LogP contribution in [-0.4, -0.2) is 26.0 Å². The van der Waals surface area contributed by atoms with Gasteiger partial charge in [0.1, 0.15) is 14.9 Å². The molecule has 0 radical (unpaired) electrons. The summed E-state index contributed by atoms with van der Waals surface area (Å²) in [5.41, 5.74) is -0.0646. The lowest BCUT2D eigenvalue weighted by Crippen LogP contribution is -2.30. The number of halogens is 1. The van der Waals surface area contributed by atoms with Crippen molar-refractivity contribution >= 4 is 33.0 Å². The van der Waals surface area contributed by atoms with Crippen molar-refractivity contribution in [1.82, 2.24) is 0 Å². The van der Waals surface area contributed by atoms with E-state index in [9.17, 15) is 17.6 Å². The first-order chi connectivity index (χ1) is 9.87. The van der Waals surface area contributed by atoms with E-state index in [1.165, 1.54) is 36.4 Å². The number of carbonyl (C=O) groups is 1. The Morgan fingerprint density at radius 3 is 2.48 bits per heavy atom. The van der Waals surface area contributed by atoms with Gasteiger partial charge < -0.3 is 5.11 Å². The zero-order valence-electron chi connectivity index (χ0n) is 11.0. The second kappa shape index (κ2) is 5.82. The van der Waals surface area contributed by atoms with Gasteiger partial charge in [0.25, 0.3) is 10.0 Å². The minimum atomic E-state index is -3.99. The molecule has 1 heterocycles. The van der Waals surface area contributed by atoms with E-state index in [0.717, 1.165) is 4.31 Å². The largest absolute Gasteiger partial charge is 0.477 e. The molecule has 2 aromatic rings. The van der Waals surface area contributed by atoms with Crippen molar-refractivity contribution in [3.8, 4) is 0 Å². The van der Waals surface area contributed by atoms with Crippen molar-refractivity contribution in [2.75, 3.05) is 10.8 Å². The Balaban J connectivity index is 2.49. The molecule has 2 rings (SSSR count). The molecule has 0 aliphatic heterocycles. The lowest BCUT2D eigenvalue weighted by molar-refractivity contribution is 0.0702. The maximum atomic E-state index is 13.8. The predicted molar refractivity (Wildman–Crippen MR) is 77.9 cm³/mol. The number of sulfonamides is 1. The van der Waals surface area contributed by atoms with Crippen LogP contribution in [0.3, 0.4) is 0 Å². The van der Waals surface area contributed by atoms with Gasteiger partial charge in [0.15, 0.2) is 0 Å². The summed E-state index contributed by atoms with van der Waals surface area (Å²) in [5, 5.41) is 8.86. The Morgan fingerprint density at radius 2 is 1.95 bits per heavy atom. The number of carboxylic acids is 1. The molecule has 1 aromatic heterocycles. The molecule has 1 aromatic carbocycles. The molecule has 0 spiro atoms. The van der Waals surface area contributed by atoms with Gasteiger partial charge >= 0.3 is 5.97 Å². The molecule has 0 fully saturated rings. The van der Waals surface area contributed by atoms with Gasteiger partial charge in [-0.15, -0.1) is 11.3 Å². The summed E-state index contributed by atoms with van der Waals surface area (Å²) in [6, 6.07) is 7.97. The number of para-hydroxylation sites is 1. The minimum Gasteiger partial charge on any atom is -0.477 e. The molecular formula is C13H12FNO4S2. The second-order valence-corrected chi connectivity index (χ2v) is 7.22. The summed E-state index contributed by atoms with van der Waals surface area (Å²) in [4.78, 5) is 10.8. The maximum absolute atomic E-state index is 13.8. The number of hydrogen-bond acceptors (Lipinski definition) is 4. The summed E-state index contributed by atoms with van der Waals surface area (Å²) >= 11 is 0.641. The highest BCUT2D eigenvalue weighted by atomic mass is 32.2. The minimum absolute atomic E-state index is 0.0313. The zero-order valence-corrected chi connectivity index (χ0v) is 12.6. The highest BCUT2D eigenvalue weighted by Crippen LogP contribution is 2.29. The standard InChI is InChI=1S/C13H12FNO4S2/c1-2-15(10-6-4-3-5-9(10)14)21(18,19)12-8-7-11(20-12)13(16)17/h3-8H,2H2,1H3,(H,16,17). The first-order valence-corrected chi connectivity index (χ1v) is 8.24. The number of hydrogen-bond donors (Lipinski definition) is 1. The van der Waals surface area contributed by atoms with E-state index in [2.05, 4.69) is 0 Å². The van der Waals surface area contributed by atoms with E-state index in [0.29, 0.717) is 11.3 Å². The smallest absolute Gasteiger partial charge is 0.345 e. The fourth-order valence-corrected chi connectivity index (χ4v) is 4.55. The van der Waals surface area contributed by atoms with Gasteiger partial charge in [-0.2, -0.15) is 0 Å². The quantitative estimate of drug-likeness (QED) is 0.915. The lowest BCUT2D eigenvalue weighted by Gasteiger charge is -2.22. The van der Waals surface area contributed by atoms with Crippen molar-refractivity contribution in [1.29, 1.82) is 0 Å². The van der Waals surface area contributed by atoms with Gasteiger partial charge in [0.05, 0.1) is 5.69 Å². The van der Waals surface area contributed by atoms with E-state index in [4.69, 9.17) is 5.11 Å². The van der Waals surface area contributed by atoms with Gasteiger partial charge in [-0.25, -0.2) is 17.6 Å². The Hall–Kier alpha value is -1.93. The van der Waals surface area contributed by atoms with Crippen LogP contribution in [-0.2, 0) is 10.0 Å². The van der Waals surface area contributed by atoms with E-state index >= 15 is 0 Å². The highest BCUT2D eigenvalue weighted by molar-refractivity contribution is 7.94. The average Bonchev–Trinajstić information content (AvgIpc) is 2.92. The van der Waals surface area contributed by atoms with Gasteiger partial charge in [0.2, 0.25) is 0 Å². The molecule has 21 heavy (non-hydrogen) atoms. The predicted octanol–water partition coefficient (Wildman–Crippen LogP) is 2.80. The number of carboxylic acid groups (broad SMARTS) is 1. The molecule has 0 bridgehead atoms. The molecule has 0 unspecified atom stereocenters. The summed E-state index contributed by atoms with van der Waals surface area (Å²) in [7, 11) is -3.99. The third kappa shape index (κ3) is 2.91. The van der Waals surface area contributed by atoms with Crippen molar-refractivity contribution in [2.24, 2.45) is 0 Å². The third-order valence-electron chi connectivity index (χ3n) is 2.74. The van der Waals surface area contributed by atoms with Gasteiger partial charge in [-0.1, -0.05) is 12.1 Å². The van der Waals surface area contributed by atoms with Crippen LogP contribution < -0.4 is 4.31 Å². The Bertz CT molecular complexity index is 770. The van der Waals surface area contributed by atoms with E-state index in [1.807, 2.05) is 0 Å². The topological polar surface area (TPSA) is 74.7 Å². The molecule has 112 valence electrons. The number of aromatic carboxylic acids is 1. The van der Waals surface area contributed by atoms with Crippen LogP contribution in [0.4, 0.5) is 10.1 Å².